The number of nitrogens with two attached hydrogens (primary N) is 1. The number of hydrogen-bond acceptors (Lipinski definition) is 4. The van der Waals surface area contributed by atoms with Gasteiger partial charge in [-0.3, -0.25) is 4.79 Å². The number of amides is 1. The van der Waals surface area contributed by atoms with Gasteiger partial charge in [0.2, 0.25) is 5.91 Å². The van der Waals surface area contributed by atoms with E-state index in [1.807, 2.05) is 6.92 Å². The number of piperidine rings is 1. The Kier molecular flexibility index (Phi) is 11.7. The van der Waals surface area contributed by atoms with E-state index in [-0.39, 0.29) is 47.3 Å². The molecule has 0 saturated carbocycles. The van der Waals surface area contributed by atoms with Crippen LogP contribution in [0.1, 0.15) is 38.7 Å². The Balaban J connectivity index is 0.00000450. The third-order valence-corrected chi connectivity index (χ3v) is 4.58. The zero-order valence-corrected chi connectivity index (χ0v) is 19.7. The average molecular weight is 540 g/mol. The minimum absolute atomic E-state index is 0. The maximum atomic E-state index is 12.6. The Bertz CT molecular complexity index is 707. The van der Waals surface area contributed by atoms with Crippen LogP contribution in [0.3, 0.4) is 0 Å². The molecule has 1 unspecified atom stereocenters. The Morgan fingerprint density at radius 2 is 2.13 bits per heavy atom. The zero-order valence-electron chi connectivity index (χ0n) is 17.4. The fourth-order valence-corrected chi connectivity index (χ4v) is 3.41. The highest BCUT2D eigenvalue weighted by atomic mass is 127. The lowest BCUT2D eigenvalue weighted by molar-refractivity contribution is -0.119. The first-order valence-corrected chi connectivity index (χ1v) is 9.95. The minimum atomic E-state index is -2.91. The van der Waals surface area contributed by atoms with Gasteiger partial charge in [-0.2, -0.15) is 8.78 Å². The van der Waals surface area contributed by atoms with Crippen molar-refractivity contribution in [3.8, 4) is 11.5 Å². The van der Waals surface area contributed by atoms with E-state index in [4.69, 9.17) is 10.5 Å². The monoisotopic (exact) mass is 540 g/mol. The maximum absolute atomic E-state index is 12.6. The van der Waals surface area contributed by atoms with Gasteiger partial charge in [-0.25, -0.2) is 4.99 Å². The maximum Gasteiger partial charge on any atom is 0.387 e. The fraction of sp³-hybridized carbons (Fsp3) is 0.600. The molecular weight excluding hydrogens is 509 g/mol. The van der Waals surface area contributed by atoms with Crippen LogP contribution in [0.25, 0.3) is 0 Å². The number of nitrogens with one attached hydrogen (secondary N) is 1. The molecule has 7 nitrogen and oxygen atoms in total. The number of aliphatic imine (C=N–C) groups is 1. The number of halogens is 3. The summed E-state index contributed by atoms with van der Waals surface area (Å²) < 4.78 is 35.0. The van der Waals surface area contributed by atoms with Crippen molar-refractivity contribution in [2.75, 3.05) is 26.2 Å². The standard InChI is InChI=1S/C20H30F2N4O3.HI/c1-3-24-20(26-9-5-6-15(13-26)11-18(23)27)25-12-14-7-8-16(29-19(21)22)17(10-14)28-4-2;/h7-8,10,15,19H,3-6,9,11-13H2,1-2H3,(H2,23,27)(H,24,25);1H. The van der Waals surface area contributed by atoms with Crippen molar-refractivity contribution in [3.05, 3.63) is 23.8 Å². The van der Waals surface area contributed by atoms with Gasteiger partial charge in [-0.15, -0.1) is 24.0 Å². The van der Waals surface area contributed by atoms with E-state index in [9.17, 15) is 13.6 Å². The number of guanidine groups is 1. The summed E-state index contributed by atoms with van der Waals surface area (Å²) in [5, 5.41) is 3.28. The lowest BCUT2D eigenvalue weighted by atomic mass is 9.95. The SMILES string of the molecule is CCNC(=NCc1ccc(OC(F)F)c(OCC)c1)N1CCCC(CC(N)=O)C1.I. The van der Waals surface area contributed by atoms with Gasteiger partial charge < -0.3 is 25.4 Å². The van der Waals surface area contributed by atoms with Crippen molar-refractivity contribution in [1.82, 2.24) is 10.2 Å². The minimum Gasteiger partial charge on any atom is -0.490 e. The molecule has 2 rings (SSSR count). The molecular formula is C20H31F2IN4O3. The van der Waals surface area contributed by atoms with E-state index in [1.54, 1.807) is 19.1 Å². The molecule has 1 aromatic rings. The second-order valence-corrected chi connectivity index (χ2v) is 6.89. The molecule has 170 valence electrons. The van der Waals surface area contributed by atoms with Crippen molar-refractivity contribution in [3.63, 3.8) is 0 Å². The summed E-state index contributed by atoms with van der Waals surface area (Å²) in [6.45, 7) is 3.83. The van der Waals surface area contributed by atoms with Crippen LogP contribution >= 0.6 is 24.0 Å². The Morgan fingerprint density at radius 1 is 1.37 bits per heavy atom. The molecule has 0 aliphatic carbocycles. The normalized spacial score (nSPS) is 16.8. The molecule has 1 fully saturated rings. The molecule has 1 aromatic carbocycles. The van der Waals surface area contributed by atoms with Gasteiger partial charge in [0, 0.05) is 26.1 Å². The number of rotatable bonds is 9. The summed E-state index contributed by atoms with van der Waals surface area (Å²) >= 11 is 0. The van der Waals surface area contributed by atoms with Crippen molar-refractivity contribution >= 4 is 35.8 Å². The first-order valence-electron chi connectivity index (χ1n) is 9.95. The molecule has 3 N–H and O–H groups in total. The third-order valence-electron chi connectivity index (χ3n) is 4.58. The smallest absolute Gasteiger partial charge is 0.387 e. The zero-order chi connectivity index (χ0) is 21.2. The van der Waals surface area contributed by atoms with E-state index in [2.05, 4.69) is 19.9 Å². The molecule has 0 spiro atoms. The van der Waals surface area contributed by atoms with Gasteiger partial charge in [0.1, 0.15) is 0 Å². The van der Waals surface area contributed by atoms with Gasteiger partial charge in [-0.05, 0) is 50.3 Å². The predicted molar refractivity (Wildman–Crippen MR) is 123 cm³/mol. The highest BCUT2D eigenvalue weighted by Crippen LogP contribution is 2.30. The molecule has 0 radical (unpaired) electrons. The third kappa shape index (κ3) is 8.49. The van der Waals surface area contributed by atoms with Gasteiger partial charge in [0.05, 0.1) is 13.2 Å². The molecule has 1 amide bonds. The number of carbonyl (C=O) groups is 1. The quantitative estimate of drug-likeness (QED) is 0.285. The molecule has 0 aromatic heterocycles. The highest BCUT2D eigenvalue weighted by Gasteiger charge is 2.23. The molecule has 10 heteroatoms. The van der Waals surface area contributed by atoms with Crippen LogP contribution in [0.4, 0.5) is 8.78 Å². The largest absolute Gasteiger partial charge is 0.490 e. The number of likely N-dealkylation sites (tertiary alicyclic amines) is 1. The second-order valence-electron chi connectivity index (χ2n) is 6.89. The Morgan fingerprint density at radius 3 is 2.77 bits per heavy atom. The lowest BCUT2D eigenvalue weighted by Crippen LogP contribution is -2.47. The van der Waals surface area contributed by atoms with Crippen LogP contribution in [0, 0.1) is 5.92 Å². The predicted octanol–water partition coefficient (Wildman–Crippen LogP) is 3.36. The Labute approximate surface area is 193 Å². The fourth-order valence-electron chi connectivity index (χ4n) is 3.41. The topological polar surface area (TPSA) is 89.2 Å². The van der Waals surface area contributed by atoms with Crippen LogP contribution in [0.15, 0.2) is 23.2 Å². The molecule has 1 heterocycles. The number of primary amides is 1. The molecule has 1 aliphatic heterocycles. The summed E-state index contributed by atoms with van der Waals surface area (Å²) in [7, 11) is 0. The number of nitrogens with zero attached hydrogens (tertiary/aromatic N) is 2. The highest BCUT2D eigenvalue weighted by molar-refractivity contribution is 14.0. The van der Waals surface area contributed by atoms with Crippen molar-refractivity contribution < 1.29 is 23.0 Å². The second kappa shape index (κ2) is 13.5. The van der Waals surface area contributed by atoms with E-state index in [1.165, 1.54) is 6.07 Å². The summed E-state index contributed by atoms with van der Waals surface area (Å²) in [5.41, 5.74) is 6.16. The average Bonchev–Trinajstić information content (AvgIpc) is 2.66. The van der Waals surface area contributed by atoms with Crippen molar-refractivity contribution in [2.24, 2.45) is 16.6 Å². The number of benzene rings is 1. The number of ether oxygens (including phenoxy) is 2. The van der Waals surface area contributed by atoms with Crippen molar-refractivity contribution in [2.45, 2.75) is 46.3 Å². The summed E-state index contributed by atoms with van der Waals surface area (Å²) in [5.74, 6) is 0.970. The summed E-state index contributed by atoms with van der Waals surface area (Å²) in [4.78, 5) is 18.1. The van der Waals surface area contributed by atoms with Crippen molar-refractivity contribution in [1.29, 1.82) is 0 Å². The van der Waals surface area contributed by atoms with Gasteiger partial charge in [0.15, 0.2) is 17.5 Å². The number of carbonyl (C=O) groups excluding carboxylic acids is 1. The summed E-state index contributed by atoms with van der Waals surface area (Å²) in [6, 6.07) is 4.83. The van der Waals surface area contributed by atoms with Crippen LogP contribution in [0.5, 0.6) is 11.5 Å². The van der Waals surface area contributed by atoms with E-state index >= 15 is 0 Å². The van der Waals surface area contributed by atoms with E-state index in [0.29, 0.717) is 26.1 Å². The van der Waals surface area contributed by atoms with Gasteiger partial charge in [0.25, 0.3) is 0 Å². The molecule has 1 saturated heterocycles. The van der Waals surface area contributed by atoms with Gasteiger partial charge in [-0.1, -0.05) is 6.07 Å². The molecule has 0 bridgehead atoms. The Hall–Kier alpha value is -1.85. The molecule has 30 heavy (non-hydrogen) atoms. The first-order chi connectivity index (χ1) is 13.9. The molecule has 1 aliphatic rings. The van der Waals surface area contributed by atoms with Crippen LogP contribution in [-0.4, -0.2) is 49.6 Å². The van der Waals surface area contributed by atoms with Crippen LogP contribution in [0.2, 0.25) is 0 Å². The van der Waals surface area contributed by atoms with Crippen LogP contribution < -0.4 is 20.5 Å². The van der Waals surface area contributed by atoms with Crippen LogP contribution in [-0.2, 0) is 11.3 Å². The van der Waals surface area contributed by atoms with E-state index < -0.39 is 6.61 Å². The summed E-state index contributed by atoms with van der Waals surface area (Å²) in [6.07, 6.45) is 2.32. The van der Waals surface area contributed by atoms with Gasteiger partial charge >= 0.3 is 6.61 Å². The molecule has 1 atom stereocenters. The first kappa shape index (κ1) is 26.2. The number of hydrogen-bond donors (Lipinski definition) is 2. The lowest BCUT2D eigenvalue weighted by Gasteiger charge is -2.34. The van der Waals surface area contributed by atoms with E-state index in [0.717, 1.165) is 37.5 Å². The number of alkyl halides is 2.